The molecule has 1 unspecified atom stereocenters. The lowest BCUT2D eigenvalue weighted by Crippen LogP contribution is -2.28. The van der Waals surface area contributed by atoms with Crippen LogP contribution in [0.2, 0.25) is 0 Å². The van der Waals surface area contributed by atoms with Gasteiger partial charge in [0.1, 0.15) is 12.6 Å². The third-order valence-corrected chi connectivity index (χ3v) is 3.35. The van der Waals surface area contributed by atoms with Gasteiger partial charge in [0.25, 0.3) is 5.56 Å². The number of aromatic nitrogens is 1. The van der Waals surface area contributed by atoms with E-state index in [0.29, 0.717) is 0 Å². The third kappa shape index (κ3) is 3.57. The van der Waals surface area contributed by atoms with Crippen LogP contribution in [0.15, 0.2) is 57.9 Å². The first kappa shape index (κ1) is 14.5. The number of rotatable bonds is 4. The van der Waals surface area contributed by atoms with E-state index in [1.54, 1.807) is 19.2 Å². The lowest BCUT2D eigenvalue weighted by molar-refractivity contribution is -0.148. The number of hydrogen-bond donors (Lipinski definition) is 0. The van der Waals surface area contributed by atoms with Crippen LogP contribution in [0.5, 0.6) is 0 Å². The van der Waals surface area contributed by atoms with E-state index in [1.807, 2.05) is 30.3 Å². The van der Waals surface area contributed by atoms with Crippen molar-refractivity contribution in [3.8, 4) is 0 Å². The van der Waals surface area contributed by atoms with Gasteiger partial charge in [0.05, 0.1) is 0 Å². The molecule has 0 aliphatic heterocycles. The van der Waals surface area contributed by atoms with Gasteiger partial charge in [-0.15, -0.1) is 0 Å². The third-order valence-electron chi connectivity index (χ3n) is 2.88. The number of halogens is 1. The molecule has 0 aliphatic carbocycles. The Morgan fingerprint density at radius 2 is 1.95 bits per heavy atom. The van der Waals surface area contributed by atoms with Crippen LogP contribution in [0.4, 0.5) is 0 Å². The summed E-state index contributed by atoms with van der Waals surface area (Å²) in [7, 11) is 0. The zero-order valence-corrected chi connectivity index (χ0v) is 12.5. The van der Waals surface area contributed by atoms with Gasteiger partial charge in [-0.05, 0) is 34.5 Å². The highest BCUT2D eigenvalue weighted by Gasteiger charge is 2.17. The van der Waals surface area contributed by atoms with Crippen molar-refractivity contribution in [1.82, 2.24) is 4.57 Å². The zero-order chi connectivity index (χ0) is 14.5. The van der Waals surface area contributed by atoms with E-state index in [1.165, 1.54) is 10.6 Å². The first-order chi connectivity index (χ1) is 9.58. The molecule has 5 heteroatoms. The molecular weight excluding hydrogens is 322 g/mol. The fourth-order valence-corrected chi connectivity index (χ4v) is 2.09. The Morgan fingerprint density at radius 1 is 1.25 bits per heavy atom. The van der Waals surface area contributed by atoms with Crippen LogP contribution < -0.4 is 5.56 Å². The Morgan fingerprint density at radius 3 is 2.65 bits per heavy atom. The quantitative estimate of drug-likeness (QED) is 0.807. The second kappa shape index (κ2) is 6.52. The second-order valence-electron chi connectivity index (χ2n) is 4.36. The van der Waals surface area contributed by atoms with Gasteiger partial charge in [-0.1, -0.05) is 30.3 Å². The highest BCUT2D eigenvalue weighted by molar-refractivity contribution is 9.10. The molecule has 2 rings (SSSR count). The number of carbonyl (C=O) groups is 1. The van der Waals surface area contributed by atoms with E-state index in [9.17, 15) is 9.59 Å². The van der Waals surface area contributed by atoms with Crippen LogP contribution in [-0.2, 0) is 16.1 Å². The van der Waals surface area contributed by atoms with Crippen LogP contribution >= 0.6 is 15.9 Å². The van der Waals surface area contributed by atoms with Crippen molar-refractivity contribution in [1.29, 1.82) is 0 Å². The van der Waals surface area contributed by atoms with E-state index in [4.69, 9.17) is 4.74 Å². The number of nitrogens with zero attached hydrogens (tertiary/aromatic N) is 1. The van der Waals surface area contributed by atoms with Crippen molar-refractivity contribution in [2.45, 2.75) is 19.6 Å². The molecule has 2 aromatic rings. The van der Waals surface area contributed by atoms with Crippen LogP contribution in [0.1, 0.15) is 18.5 Å². The first-order valence-electron chi connectivity index (χ1n) is 6.16. The summed E-state index contributed by atoms with van der Waals surface area (Å²) in [5.41, 5.74) is 0.673. The molecule has 0 bridgehead atoms. The second-order valence-corrected chi connectivity index (χ2v) is 5.28. The Labute approximate surface area is 125 Å². The van der Waals surface area contributed by atoms with Crippen molar-refractivity contribution < 1.29 is 9.53 Å². The molecule has 0 N–H and O–H groups in total. The van der Waals surface area contributed by atoms with Gasteiger partial charge in [-0.3, -0.25) is 4.79 Å². The molecule has 1 aromatic heterocycles. The van der Waals surface area contributed by atoms with Gasteiger partial charge in [0, 0.05) is 16.7 Å². The number of carbonyl (C=O) groups excluding carboxylic acids is 1. The molecule has 0 spiro atoms. The minimum atomic E-state index is -0.663. The average Bonchev–Trinajstić information content (AvgIpc) is 2.47. The van der Waals surface area contributed by atoms with Gasteiger partial charge in [0.2, 0.25) is 0 Å². The number of hydrogen-bond acceptors (Lipinski definition) is 3. The Kier molecular flexibility index (Phi) is 4.74. The van der Waals surface area contributed by atoms with Crippen LogP contribution in [0.25, 0.3) is 0 Å². The highest BCUT2D eigenvalue weighted by Crippen LogP contribution is 2.12. The predicted molar refractivity (Wildman–Crippen MR) is 79.4 cm³/mol. The summed E-state index contributed by atoms with van der Waals surface area (Å²) >= 11 is 3.28. The minimum Gasteiger partial charge on any atom is -0.459 e. The lowest BCUT2D eigenvalue weighted by atomic mass is 10.2. The van der Waals surface area contributed by atoms with Crippen LogP contribution in [-0.4, -0.2) is 10.5 Å². The monoisotopic (exact) mass is 335 g/mol. The first-order valence-corrected chi connectivity index (χ1v) is 6.95. The van der Waals surface area contributed by atoms with Crippen molar-refractivity contribution in [2.75, 3.05) is 0 Å². The molecule has 0 saturated carbocycles. The highest BCUT2D eigenvalue weighted by atomic mass is 79.9. The van der Waals surface area contributed by atoms with Crippen LogP contribution in [0.3, 0.4) is 0 Å². The molecule has 1 heterocycles. The summed E-state index contributed by atoms with van der Waals surface area (Å²) in [6.07, 6.45) is 1.58. The molecule has 0 amide bonds. The summed E-state index contributed by atoms with van der Waals surface area (Å²) in [6, 6.07) is 11.8. The van der Waals surface area contributed by atoms with Gasteiger partial charge in [-0.25, -0.2) is 4.79 Å². The van der Waals surface area contributed by atoms with Crippen molar-refractivity contribution in [2.24, 2.45) is 0 Å². The molecule has 1 atom stereocenters. The Hall–Kier alpha value is -1.88. The summed E-state index contributed by atoms with van der Waals surface area (Å²) < 4.78 is 7.31. The number of pyridine rings is 1. The molecule has 0 fully saturated rings. The predicted octanol–water partition coefficient (Wildman–Crippen LogP) is 2.92. The average molecular weight is 336 g/mol. The molecule has 0 saturated heterocycles. The minimum absolute atomic E-state index is 0.201. The Bertz CT molecular complexity index is 652. The van der Waals surface area contributed by atoms with Crippen molar-refractivity contribution in [3.05, 3.63) is 69.1 Å². The summed E-state index contributed by atoms with van der Waals surface area (Å²) in [5.74, 6) is -0.436. The largest absolute Gasteiger partial charge is 0.459 e. The maximum atomic E-state index is 12.0. The molecule has 4 nitrogen and oxygen atoms in total. The zero-order valence-electron chi connectivity index (χ0n) is 11.0. The van der Waals surface area contributed by atoms with E-state index >= 15 is 0 Å². The van der Waals surface area contributed by atoms with Gasteiger partial charge in [0.15, 0.2) is 0 Å². The summed E-state index contributed by atoms with van der Waals surface area (Å²) in [5, 5.41) is 0. The molecule has 0 aliphatic rings. The van der Waals surface area contributed by atoms with Gasteiger partial charge >= 0.3 is 5.97 Å². The van der Waals surface area contributed by atoms with E-state index in [0.717, 1.165) is 10.0 Å². The molecule has 0 radical (unpaired) electrons. The summed E-state index contributed by atoms with van der Waals surface area (Å²) in [6.45, 7) is 1.84. The Balaban J connectivity index is 2.05. The van der Waals surface area contributed by atoms with Crippen molar-refractivity contribution >= 4 is 21.9 Å². The van der Waals surface area contributed by atoms with E-state index in [2.05, 4.69) is 15.9 Å². The normalized spacial score (nSPS) is 11.9. The van der Waals surface area contributed by atoms with E-state index < -0.39 is 12.0 Å². The van der Waals surface area contributed by atoms with Crippen molar-refractivity contribution in [3.63, 3.8) is 0 Å². The summed E-state index contributed by atoms with van der Waals surface area (Å²) in [4.78, 5) is 23.7. The maximum absolute atomic E-state index is 12.0. The molecular formula is C15H14BrNO3. The fourth-order valence-electron chi connectivity index (χ4n) is 1.74. The standard InChI is InChI=1S/C15H14BrNO3/c1-11(17-9-13(16)7-8-14(17)18)15(19)20-10-12-5-3-2-4-6-12/h2-9,11H,10H2,1H3. The topological polar surface area (TPSA) is 48.3 Å². The number of benzene rings is 1. The fraction of sp³-hybridized carbons (Fsp3) is 0.200. The smallest absolute Gasteiger partial charge is 0.329 e. The molecule has 104 valence electrons. The molecule has 20 heavy (non-hydrogen) atoms. The number of ether oxygens (including phenoxy) is 1. The van der Waals surface area contributed by atoms with Crippen LogP contribution in [0, 0.1) is 0 Å². The lowest BCUT2D eigenvalue weighted by Gasteiger charge is -2.14. The van der Waals surface area contributed by atoms with E-state index in [-0.39, 0.29) is 12.2 Å². The SMILES string of the molecule is CC(C(=O)OCc1ccccc1)n1cc(Br)ccc1=O. The van der Waals surface area contributed by atoms with Gasteiger partial charge < -0.3 is 9.30 Å². The molecule has 1 aromatic carbocycles. The maximum Gasteiger partial charge on any atom is 0.329 e. The van der Waals surface area contributed by atoms with Gasteiger partial charge in [-0.2, -0.15) is 0 Å². The number of esters is 1.